The molecule has 0 aromatic heterocycles. The second-order valence-electron chi connectivity index (χ2n) is 7.10. The first kappa shape index (κ1) is 18.2. The summed E-state index contributed by atoms with van der Waals surface area (Å²) >= 11 is 6.25. The van der Waals surface area contributed by atoms with Gasteiger partial charge in [-0.1, -0.05) is 29.8 Å². The van der Waals surface area contributed by atoms with Gasteiger partial charge >= 0.3 is 6.03 Å². The van der Waals surface area contributed by atoms with Crippen LogP contribution in [0.4, 0.5) is 4.79 Å². The Hall–Kier alpha value is -2.16. The summed E-state index contributed by atoms with van der Waals surface area (Å²) in [7, 11) is 1.72. The first-order chi connectivity index (χ1) is 12.9. The smallest absolute Gasteiger partial charge is 0.310 e. The van der Waals surface area contributed by atoms with E-state index in [1.54, 1.807) is 18.0 Å². The number of rotatable bonds is 3. The van der Waals surface area contributed by atoms with Gasteiger partial charge in [0.15, 0.2) is 6.29 Å². The maximum absolute atomic E-state index is 13.3. The minimum atomic E-state index is -0.459. The van der Waals surface area contributed by atoms with E-state index in [4.69, 9.17) is 11.6 Å². The number of benzene rings is 1. The minimum Gasteiger partial charge on any atom is -0.310 e. The molecule has 0 radical (unpaired) electrons. The lowest BCUT2D eigenvalue weighted by atomic mass is 10.1. The van der Waals surface area contributed by atoms with Gasteiger partial charge in [-0.25, -0.2) is 9.69 Å². The summed E-state index contributed by atoms with van der Waals surface area (Å²) in [5.74, 6) is -0.205. The molecule has 0 saturated carbocycles. The van der Waals surface area contributed by atoms with Crippen molar-refractivity contribution in [3.63, 3.8) is 0 Å². The third-order valence-corrected chi connectivity index (χ3v) is 5.73. The highest BCUT2D eigenvalue weighted by molar-refractivity contribution is 6.31. The Labute approximate surface area is 163 Å². The third-order valence-electron chi connectivity index (χ3n) is 5.36. The van der Waals surface area contributed by atoms with Gasteiger partial charge in [-0.3, -0.25) is 20.0 Å². The molecule has 3 aliphatic heterocycles. The molecule has 2 fully saturated rings. The number of carbonyl (C=O) groups is 2. The van der Waals surface area contributed by atoms with Crippen molar-refractivity contribution in [2.45, 2.75) is 38.9 Å². The van der Waals surface area contributed by atoms with Crippen molar-refractivity contribution in [1.29, 1.82) is 0 Å². The first-order valence-corrected chi connectivity index (χ1v) is 9.44. The largest absolute Gasteiger partial charge is 0.328 e. The molecule has 3 atom stereocenters. The molecule has 3 unspecified atom stereocenters. The molecule has 3 amide bonds. The SMILES string of the molecule is CCN1N=C(C)CN2C3C(=O)N(Cc4ccccc4Cl)C(=O)N(C)C3NC12. The van der Waals surface area contributed by atoms with Crippen molar-refractivity contribution in [1.82, 2.24) is 25.0 Å². The summed E-state index contributed by atoms with van der Waals surface area (Å²) in [5, 5.41) is 10.4. The van der Waals surface area contributed by atoms with Gasteiger partial charge in [0.2, 0.25) is 0 Å². The fraction of sp³-hybridized carbons (Fsp3) is 0.500. The van der Waals surface area contributed by atoms with E-state index in [2.05, 4.69) is 15.3 Å². The molecule has 0 aliphatic carbocycles. The van der Waals surface area contributed by atoms with Gasteiger partial charge < -0.3 is 4.90 Å². The number of hydrogen-bond donors (Lipinski definition) is 1. The molecule has 9 heteroatoms. The van der Waals surface area contributed by atoms with Crippen molar-refractivity contribution in [3.05, 3.63) is 34.9 Å². The second kappa shape index (κ2) is 6.78. The number of likely N-dealkylation sites (N-methyl/N-ethyl adjacent to an activating group) is 1. The molecular weight excluding hydrogens is 368 g/mol. The lowest BCUT2D eigenvalue weighted by molar-refractivity contribution is -0.139. The van der Waals surface area contributed by atoms with Crippen LogP contribution in [0.1, 0.15) is 19.4 Å². The Kier molecular flexibility index (Phi) is 4.57. The molecule has 144 valence electrons. The molecule has 2 saturated heterocycles. The van der Waals surface area contributed by atoms with E-state index in [0.29, 0.717) is 18.1 Å². The predicted molar refractivity (Wildman–Crippen MR) is 102 cm³/mol. The van der Waals surface area contributed by atoms with Crippen molar-refractivity contribution in [2.75, 3.05) is 20.1 Å². The van der Waals surface area contributed by atoms with E-state index < -0.39 is 6.04 Å². The zero-order chi connectivity index (χ0) is 19.3. The van der Waals surface area contributed by atoms with Crippen LogP contribution in [0, 0.1) is 0 Å². The van der Waals surface area contributed by atoms with Crippen LogP contribution in [-0.4, -0.2) is 76.0 Å². The summed E-state index contributed by atoms with van der Waals surface area (Å²) in [4.78, 5) is 31.2. The Bertz CT molecular complexity index is 815. The highest BCUT2D eigenvalue weighted by Gasteiger charge is 2.56. The van der Waals surface area contributed by atoms with Gasteiger partial charge in [-0.05, 0) is 25.5 Å². The predicted octanol–water partition coefficient (Wildman–Crippen LogP) is 1.33. The van der Waals surface area contributed by atoms with Crippen molar-refractivity contribution in [2.24, 2.45) is 5.10 Å². The molecule has 0 spiro atoms. The normalized spacial score (nSPS) is 28.4. The summed E-state index contributed by atoms with van der Waals surface area (Å²) in [5.41, 5.74) is 1.70. The summed E-state index contributed by atoms with van der Waals surface area (Å²) in [6.07, 6.45) is -0.583. The number of nitrogens with zero attached hydrogens (tertiary/aromatic N) is 5. The fourth-order valence-corrected chi connectivity index (χ4v) is 4.23. The Morgan fingerprint density at radius 2 is 2.04 bits per heavy atom. The number of halogens is 1. The van der Waals surface area contributed by atoms with E-state index in [-0.39, 0.29) is 30.9 Å². The number of hydrazone groups is 1. The molecule has 27 heavy (non-hydrogen) atoms. The van der Waals surface area contributed by atoms with Gasteiger partial charge in [0, 0.05) is 30.9 Å². The van der Waals surface area contributed by atoms with E-state index in [0.717, 1.165) is 11.3 Å². The van der Waals surface area contributed by atoms with Crippen LogP contribution in [0.2, 0.25) is 5.02 Å². The van der Waals surface area contributed by atoms with E-state index in [1.165, 1.54) is 4.90 Å². The van der Waals surface area contributed by atoms with E-state index >= 15 is 0 Å². The van der Waals surface area contributed by atoms with Crippen LogP contribution in [0.25, 0.3) is 0 Å². The second-order valence-corrected chi connectivity index (χ2v) is 7.51. The zero-order valence-corrected chi connectivity index (χ0v) is 16.3. The molecule has 3 heterocycles. The lowest BCUT2D eigenvalue weighted by Crippen LogP contribution is -2.66. The van der Waals surface area contributed by atoms with Crippen molar-refractivity contribution < 1.29 is 9.59 Å². The molecule has 0 bridgehead atoms. The van der Waals surface area contributed by atoms with E-state index in [9.17, 15) is 9.59 Å². The van der Waals surface area contributed by atoms with Gasteiger partial charge in [0.1, 0.15) is 12.2 Å². The van der Waals surface area contributed by atoms with Crippen LogP contribution >= 0.6 is 11.6 Å². The number of fused-ring (bicyclic) bond motifs is 3. The average Bonchev–Trinajstić information content (AvgIpc) is 3.03. The number of hydrogen-bond acceptors (Lipinski definition) is 6. The monoisotopic (exact) mass is 390 g/mol. The standard InChI is InChI=1S/C18H23ClN6O2/c1-4-25-17-20-15-14(23(17)9-11(2)21-25)16(26)24(18(27)22(15)3)10-12-7-5-6-8-13(12)19/h5-8,14-15,17,20H,4,9-10H2,1-3H3. The maximum Gasteiger partial charge on any atom is 0.328 e. The lowest BCUT2D eigenvalue weighted by Gasteiger charge is -2.42. The molecule has 1 aromatic rings. The van der Waals surface area contributed by atoms with Gasteiger partial charge in [-0.2, -0.15) is 5.10 Å². The quantitative estimate of drug-likeness (QED) is 0.843. The first-order valence-electron chi connectivity index (χ1n) is 9.06. The highest BCUT2D eigenvalue weighted by atomic mass is 35.5. The molecule has 8 nitrogen and oxygen atoms in total. The number of amides is 3. The van der Waals surface area contributed by atoms with Crippen LogP contribution in [0.15, 0.2) is 29.4 Å². The number of nitrogens with one attached hydrogen (secondary N) is 1. The minimum absolute atomic E-state index is 0.161. The molecule has 1 N–H and O–H groups in total. The third kappa shape index (κ3) is 2.88. The highest BCUT2D eigenvalue weighted by Crippen LogP contribution is 2.31. The van der Waals surface area contributed by atoms with Gasteiger partial charge in [0.25, 0.3) is 5.91 Å². The van der Waals surface area contributed by atoms with Crippen molar-refractivity contribution >= 4 is 29.3 Å². The van der Waals surface area contributed by atoms with Gasteiger partial charge in [0.05, 0.1) is 6.54 Å². The van der Waals surface area contributed by atoms with Crippen LogP contribution in [0.5, 0.6) is 0 Å². The van der Waals surface area contributed by atoms with Crippen LogP contribution in [0.3, 0.4) is 0 Å². The molecule has 3 aliphatic rings. The Balaban J connectivity index is 1.65. The van der Waals surface area contributed by atoms with E-state index in [1.807, 2.05) is 37.1 Å². The topological polar surface area (TPSA) is 71.5 Å². The summed E-state index contributed by atoms with van der Waals surface area (Å²) in [6.45, 7) is 5.43. The summed E-state index contributed by atoms with van der Waals surface area (Å²) in [6, 6.07) is 6.49. The molecule has 4 rings (SSSR count). The fourth-order valence-electron chi connectivity index (χ4n) is 4.03. The number of urea groups is 1. The zero-order valence-electron chi connectivity index (χ0n) is 15.6. The number of imide groups is 1. The summed E-state index contributed by atoms with van der Waals surface area (Å²) < 4.78 is 0. The average molecular weight is 391 g/mol. The Morgan fingerprint density at radius 3 is 2.74 bits per heavy atom. The number of carbonyl (C=O) groups excluding carboxylic acids is 2. The molecular formula is C18H23ClN6O2. The van der Waals surface area contributed by atoms with Crippen LogP contribution in [-0.2, 0) is 11.3 Å². The van der Waals surface area contributed by atoms with Gasteiger partial charge in [-0.15, -0.1) is 0 Å². The van der Waals surface area contributed by atoms with Crippen LogP contribution < -0.4 is 5.32 Å². The van der Waals surface area contributed by atoms with Crippen molar-refractivity contribution in [3.8, 4) is 0 Å². The molecule has 1 aromatic carbocycles. The maximum atomic E-state index is 13.3. The Morgan fingerprint density at radius 1 is 1.30 bits per heavy atom.